The maximum absolute atomic E-state index is 11.5. The van der Waals surface area contributed by atoms with Crippen LogP contribution in [0, 0.1) is 5.92 Å². The highest BCUT2D eigenvalue weighted by atomic mass is 16.1. The van der Waals surface area contributed by atoms with Gasteiger partial charge in [-0.1, -0.05) is 6.92 Å². The molecule has 1 aliphatic heterocycles. The summed E-state index contributed by atoms with van der Waals surface area (Å²) in [6.07, 6.45) is 2.41. The van der Waals surface area contributed by atoms with Gasteiger partial charge in [0, 0.05) is 25.7 Å². The number of carbonyl (C=O) groups excluding carboxylic acids is 1. The summed E-state index contributed by atoms with van der Waals surface area (Å²) in [6.45, 7) is 4.38. The molecule has 1 heterocycles. The number of nitrogens with zero attached hydrogens (tertiary/aromatic N) is 1. The zero-order chi connectivity index (χ0) is 13.1. The molecule has 0 unspecified atom stereocenters. The molecular formula is C14H21N3O. The highest BCUT2D eigenvalue weighted by Crippen LogP contribution is 2.28. The predicted octanol–water partition coefficient (Wildman–Crippen LogP) is 1.86. The standard InChI is InChI=1S/C14H21N3O/c1-10-5-7-17(8-6-10)13-4-3-11(9-12(13)15)14(18)16-2/h3-4,9-10H,5-8,15H2,1-2H3,(H,16,18). The van der Waals surface area contributed by atoms with Gasteiger partial charge in [0.15, 0.2) is 0 Å². The first-order chi connectivity index (χ1) is 8.61. The van der Waals surface area contributed by atoms with Crippen LogP contribution in [0.15, 0.2) is 18.2 Å². The van der Waals surface area contributed by atoms with Gasteiger partial charge in [-0.15, -0.1) is 0 Å². The maximum Gasteiger partial charge on any atom is 0.251 e. The zero-order valence-electron chi connectivity index (χ0n) is 11.1. The van der Waals surface area contributed by atoms with E-state index in [0.717, 1.165) is 24.7 Å². The number of nitrogens with two attached hydrogens (primary N) is 1. The van der Waals surface area contributed by atoms with E-state index in [2.05, 4.69) is 17.1 Å². The third-order valence-electron chi connectivity index (χ3n) is 3.64. The first kappa shape index (κ1) is 12.7. The van der Waals surface area contributed by atoms with Crippen molar-refractivity contribution in [3.63, 3.8) is 0 Å². The molecule has 1 amide bonds. The summed E-state index contributed by atoms with van der Waals surface area (Å²) in [7, 11) is 1.62. The van der Waals surface area contributed by atoms with Gasteiger partial charge in [0.05, 0.1) is 11.4 Å². The van der Waals surface area contributed by atoms with Gasteiger partial charge in [-0.25, -0.2) is 0 Å². The van der Waals surface area contributed by atoms with Gasteiger partial charge in [0.2, 0.25) is 0 Å². The second-order valence-corrected chi connectivity index (χ2v) is 5.02. The van der Waals surface area contributed by atoms with Gasteiger partial charge in [-0.3, -0.25) is 4.79 Å². The van der Waals surface area contributed by atoms with Crippen molar-refractivity contribution in [3.8, 4) is 0 Å². The minimum Gasteiger partial charge on any atom is -0.397 e. The smallest absolute Gasteiger partial charge is 0.251 e. The van der Waals surface area contributed by atoms with Crippen LogP contribution >= 0.6 is 0 Å². The molecule has 1 aliphatic rings. The Morgan fingerprint density at radius 1 is 1.39 bits per heavy atom. The number of amides is 1. The Labute approximate surface area is 108 Å². The Balaban J connectivity index is 2.17. The van der Waals surface area contributed by atoms with Gasteiger partial charge < -0.3 is 16.0 Å². The third kappa shape index (κ3) is 2.58. The largest absolute Gasteiger partial charge is 0.397 e. The number of anilines is 2. The molecule has 1 aromatic carbocycles. The fourth-order valence-electron chi connectivity index (χ4n) is 2.38. The number of hydrogen-bond donors (Lipinski definition) is 2. The molecule has 1 saturated heterocycles. The number of nitrogen functional groups attached to an aromatic ring is 1. The molecule has 18 heavy (non-hydrogen) atoms. The van der Waals surface area contributed by atoms with E-state index in [9.17, 15) is 4.79 Å². The summed E-state index contributed by atoms with van der Waals surface area (Å²) >= 11 is 0. The molecule has 0 aromatic heterocycles. The summed E-state index contributed by atoms with van der Waals surface area (Å²) < 4.78 is 0. The van der Waals surface area contributed by atoms with Gasteiger partial charge in [-0.2, -0.15) is 0 Å². The molecule has 2 rings (SSSR count). The number of benzene rings is 1. The first-order valence-electron chi connectivity index (χ1n) is 6.48. The molecule has 1 fully saturated rings. The molecule has 0 saturated carbocycles. The van der Waals surface area contributed by atoms with Crippen molar-refractivity contribution >= 4 is 17.3 Å². The Hall–Kier alpha value is -1.71. The number of piperidine rings is 1. The van der Waals surface area contributed by atoms with Crippen LogP contribution in [0.5, 0.6) is 0 Å². The van der Waals surface area contributed by atoms with Gasteiger partial charge in [0.1, 0.15) is 0 Å². The lowest BCUT2D eigenvalue weighted by Crippen LogP contribution is -2.33. The average molecular weight is 247 g/mol. The topological polar surface area (TPSA) is 58.4 Å². The number of rotatable bonds is 2. The van der Waals surface area contributed by atoms with Crippen molar-refractivity contribution in [1.29, 1.82) is 0 Å². The minimum atomic E-state index is -0.0967. The lowest BCUT2D eigenvalue weighted by molar-refractivity contribution is 0.0963. The second kappa shape index (κ2) is 5.29. The maximum atomic E-state index is 11.5. The van der Waals surface area contributed by atoms with Crippen LogP contribution in [-0.2, 0) is 0 Å². The molecule has 0 bridgehead atoms. The van der Waals surface area contributed by atoms with E-state index < -0.39 is 0 Å². The van der Waals surface area contributed by atoms with Crippen molar-refractivity contribution in [1.82, 2.24) is 5.32 Å². The average Bonchev–Trinajstić information content (AvgIpc) is 2.39. The van der Waals surface area contributed by atoms with E-state index in [1.165, 1.54) is 12.8 Å². The number of carbonyl (C=O) groups is 1. The Morgan fingerprint density at radius 3 is 2.61 bits per heavy atom. The molecule has 98 valence electrons. The molecular weight excluding hydrogens is 226 g/mol. The second-order valence-electron chi connectivity index (χ2n) is 5.02. The first-order valence-corrected chi connectivity index (χ1v) is 6.48. The van der Waals surface area contributed by atoms with Crippen molar-refractivity contribution < 1.29 is 4.79 Å². The van der Waals surface area contributed by atoms with Crippen LogP contribution in [-0.4, -0.2) is 26.0 Å². The van der Waals surface area contributed by atoms with E-state index in [0.29, 0.717) is 11.3 Å². The summed E-state index contributed by atoms with van der Waals surface area (Å²) in [6, 6.07) is 5.55. The van der Waals surface area contributed by atoms with E-state index in [1.54, 1.807) is 13.1 Å². The van der Waals surface area contributed by atoms with Crippen LogP contribution in [0.2, 0.25) is 0 Å². The lowest BCUT2D eigenvalue weighted by atomic mass is 9.98. The molecule has 0 radical (unpaired) electrons. The number of nitrogens with one attached hydrogen (secondary N) is 1. The third-order valence-corrected chi connectivity index (χ3v) is 3.64. The molecule has 1 aromatic rings. The molecule has 0 spiro atoms. The van der Waals surface area contributed by atoms with Crippen molar-refractivity contribution in [3.05, 3.63) is 23.8 Å². The van der Waals surface area contributed by atoms with Crippen LogP contribution in [0.1, 0.15) is 30.1 Å². The van der Waals surface area contributed by atoms with E-state index in [4.69, 9.17) is 5.73 Å². The summed E-state index contributed by atoms with van der Waals surface area (Å²) in [5.41, 5.74) is 8.41. The predicted molar refractivity (Wildman–Crippen MR) is 74.9 cm³/mol. The highest BCUT2D eigenvalue weighted by molar-refractivity contribution is 5.96. The van der Waals surface area contributed by atoms with E-state index >= 15 is 0 Å². The van der Waals surface area contributed by atoms with Crippen molar-refractivity contribution in [2.75, 3.05) is 30.8 Å². The number of hydrogen-bond acceptors (Lipinski definition) is 3. The summed E-state index contributed by atoms with van der Waals surface area (Å²) in [5.74, 6) is 0.702. The van der Waals surface area contributed by atoms with Crippen molar-refractivity contribution in [2.45, 2.75) is 19.8 Å². The quantitative estimate of drug-likeness (QED) is 0.784. The summed E-state index contributed by atoms with van der Waals surface area (Å²) in [4.78, 5) is 13.8. The SMILES string of the molecule is CNC(=O)c1ccc(N2CCC(C)CC2)c(N)c1. The molecule has 4 nitrogen and oxygen atoms in total. The van der Waals surface area contributed by atoms with E-state index in [-0.39, 0.29) is 5.91 Å². The highest BCUT2D eigenvalue weighted by Gasteiger charge is 2.18. The Kier molecular flexibility index (Phi) is 3.75. The minimum absolute atomic E-state index is 0.0967. The summed E-state index contributed by atoms with van der Waals surface area (Å²) in [5, 5.41) is 2.61. The fourth-order valence-corrected chi connectivity index (χ4v) is 2.38. The van der Waals surface area contributed by atoms with Crippen LogP contribution < -0.4 is 16.0 Å². The van der Waals surface area contributed by atoms with Crippen LogP contribution in [0.3, 0.4) is 0 Å². The van der Waals surface area contributed by atoms with Crippen molar-refractivity contribution in [2.24, 2.45) is 5.92 Å². The van der Waals surface area contributed by atoms with Gasteiger partial charge in [-0.05, 0) is 37.0 Å². The molecule has 3 N–H and O–H groups in total. The van der Waals surface area contributed by atoms with Crippen LogP contribution in [0.4, 0.5) is 11.4 Å². The normalized spacial score (nSPS) is 16.7. The molecule has 4 heteroatoms. The fraction of sp³-hybridized carbons (Fsp3) is 0.500. The lowest BCUT2D eigenvalue weighted by Gasteiger charge is -2.33. The zero-order valence-corrected chi connectivity index (χ0v) is 11.1. The van der Waals surface area contributed by atoms with E-state index in [1.807, 2.05) is 12.1 Å². The Morgan fingerprint density at radius 2 is 2.06 bits per heavy atom. The monoisotopic (exact) mass is 247 g/mol. The molecule has 0 atom stereocenters. The van der Waals surface area contributed by atoms with Gasteiger partial charge in [0.25, 0.3) is 5.91 Å². The van der Waals surface area contributed by atoms with Crippen LogP contribution in [0.25, 0.3) is 0 Å². The molecule has 0 aliphatic carbocycles. The van der Waals surface area contributed by atoms with Gasteiger partial charge >= 0.3 is 0 Å². The Bertz CT molecular complexity index is 437.